The number of carbonyl (C=O) groups excluding carboxylic acids is 1. The molecule has 1 aliphatic carbocycles. The molecule has 1 aromatic rings. The van der Waals surface area contributed by atoms with Crippen molar-refractivity contribution in [1.82, 2.24) is 5.32 Å². The van der Waals surface area contributed by atoms with Gasteiger partial charge >= 0.3 is 0 Å². The largest absolute Gasteiger partial charge is 0.343 e. The van der Waals surface area contributed by atoms with Crippen LogP contribution in [0.5, 0.6) is 0 Å². The van der Waals surface area contributed by atoms with Crippen LogP contribution in [0.1, 0.15) is 37.2 Å². The highest BCUT2D eigenvalue weighted by atomic mass is 79.9. The number of hydrogen-bond acceptors (Lipinski definition) is 2. The standard InChI is InChI=1S/C15H17BrN2O/c16-14-8-4-3-6-12(14)11-5-1-2-7-13(11)15(19)18-10-9-17/h3-4,6,8,11,13H,1-2,5,7,10H2,(H,18,19). The van der Waals surface area contributed by atoms with Crippen molar-refractivity contribution in [2.45, 2.75) is 31.6 Å². The van der Waals surface area contributed by atoms with Crippen LogP contribution in [0.2, 0.25) is 0 Å². The number of rotatable bonds is 3. The second kappa shape index (κ2) is 6.72. The van der Waals surface area contributed by atoms with Crippen LogP contribution in [-0.2, 0) is 4.79 Å². The molecule has 0 spiro atoms. The van der Waals surface area contributed by atoms with E-state index in [4.69, 9.17) is 5.26 Å². The van der Waals surface area contributed by atoms with Gasteiger partial charge < -0.3 is 5.32 Å². The van der Waals surface area contributed by atoms with Gasteiger partial charge in [0.25, 0.3) is 0 Å². The van der Waals surface area contributed by atoms with Crippen molar-refractivity contribution < 1.29 is 4.79 Å². The topological polar surface area (TPSA) is 52.9 Å². The van der Waals surface area contributed by atoms with Crippen LogP contribution in [0.4, 0.5) is 0 Å². The summed E-state index contributed by atoms with van der Waals surface area (Å²) < 4.78 is 1.07. The number of hydrogen-bond donors (Lipinski definition) is 1. The van der Waals surface area contributed by atoms with Gasteiger partial charge in [-0.2, -0.15) is 5.26 Å². The molecule has 0 saturated heterocycles. The van der Waals surface area contributed by atoms with Crippen molar-refractivity contribution in [3.63, 3.8) is 0 Å². The van der Waals surface area contributed by atoms with Gasteiger partial charge in [0.05, 0.1) is 6.07 Å². The molecule has 0 aliphatic heterocycles. The Kier molecular flexibility index (Phi) is 4.98. The van der Waals surface area contributed by atoms with Gasteiger partial charge in [-0.15, -0.1) is 0 Å². The maximum Gasteiger partial charge on any atom is 0.224 e. The van der Waals surface area contributed by atoms with Crippen LogP contribution >= 0.6 is 15.9 Å². The third-order valence-electron chi connectivity index (χ3n) is 3.75. The summed E-state index contributed by atoms with van der Waals surface area (Å²) in [6.45, 7) is 0.0953. The van der Waals surface area contributed by atoms with E-state index >= 15 is 0 Å². The lowest BCUT2D eigenvalue weighted by molar-refractivity contribution is -0.126. The fourth-order valence-electron chi connectivity index (χ4n) is 2.85. The molecule has 4 heteroatoms. The van der Waals surface area contributed by atoms with Gasteiger partial charge in [-0.3, -0.25) is 4.79 Å². The monoisotopic (exact) mass is 320 g/mol. The molecule has 1 amide bonds. The zero-order valence-corrected chi connectivity index (χ0v) is 12.3. The van der Waals surface area contributed by atoms with E-state index in [0.717, 1.165) is 30.2 Å². The average molecular weight is 321 g/mol. The number of nitriles is 1. The van der Waals surface area contributed by atoms with Gasteiger partial charge in [-0.1, -0.05) is 47.0 Å². The van der Waals surface area contributed by atoms with E-state index in [1.54, 1.807) is 0 Å². The van der Waals surface area contributed by atoms with E-state index in [0.29, 0.717) is 0 Å². The minimum atomic E-state index is -0.0131. The van der Waals surface area contributed by atoms with Gasteiger partial charge in [-0.25, -0.2) is 0 Å². The molecule has 1 fully saturated rings. The quantitative estimate of drug-likeness (QED) is 0.868. The minimum Gasteiger partial charge on any atom is -0.343 e. The molecule has 0 heterocycles. The van der Waals surface area contributed by atoms with Crippen molar-refractivity contribution in [3.8, 4) is 6.07 Å². The lowest BCUT2D eigenvalue weighted by Crippen LogP contribution is -2.36. The Balaban J connectivity index is 2.19. The summed E-state index contributed by atoms with van der Waals surface area (Å²) in [5.74, 6) is 0.255. The second-order valence-corrected chi connectivity index (χ2v) is 5.75. The molecule has 1 aliphatic rings. The Labute approximate surface area is 122 Å². The highest BCUT2D eigenvalue weighted by Crippen LogP contribution is 2.40. The van der Waals surface area contributed by atoms with Crippen LogP contribution in [0.15, 0.2) is 28.7 Å². The van der Waals surface area contributed by atoms with Crippen molar-refractivity contribution in [3.05, 3.63) is 34.3 Å². The third-order valence-corrected chi connectivity index (χ3v) is 4.47. The predicted molar refractivity (Wildman–Crippen MR) is 77.5 cm³/mol. The first-order valence-corrected chi connectivity index (χ1v) is 7.42. The van der Waals surface area contributed by atoms with Crippen LogP contribution in [0, 0.1) is 17.2 Å². The zero-order valence-electron chi connectivity index (χ0n) is 10.7. The Hall–Kier alpha value is -1.34. The molecule has 2 rings (SSSR count). The van der Waals surface area contributed by atoms with Crippen LogP contribution in [0.25, 0.3) is 0 Å². The summed E-state index contributed by atoms with van der Waals surface area (Å²) in [6.07, 6.45) is 4.19. The number of carbonyl (C=O) groups is 1. The number of amides is 1. The zero-order chi connectivity index (χ0) is 13.7. The molecular weight excluding hydrogens is 304 g/mol. The summed E-state index contributed by atoms with van der Waals surface area (Å²) in [4.78, 5) is 12.2. The first kappa shape index (κ1) is 14.1. The van der Waals surface area contributed by atoms with Gasteiger partial charge in [0.2, 0.25) is 5.91 Å². The third kappa shape index (κ3) is 3.36. The second-order valence-electron chi connectivity index (χ2n) is 4.89. The molecule has 2 atom stereocenters. The lowest BCUT2D eigenvalue weighted by Gasteiger charge is -2.31. The van der Waals surface area contributed by atoms with Gasteiger partial charge in [0.1, 0.15) is 6.54 Å². The van der Waals surface area contributed by atoms with E-state index in [-0.39, 0.29) is 24.3 Å². The summed E-state index contributed by atoms with van der Waals surface area (Å²) in [6, 6.07) is 10.1. The molecule has 1 aromatic carbocycles. The smallest absolute Gasteiger partial charge is 0.224 e. The van der Waals surface area contributed by atoms with E-state index in [1.165, 1.54) is 5.56 Å². The molecule has 0 bridgehead atoms. The number of nitrogens with zero attached hydrogens (tertiary/aromatic N) is 1. The van der Waals surface area contributed by atoms with Crippen molar-refractivity contribution in [2.75, 3.05) is 6.54 Å². The van der Waals surface area contributed by atoms with Crippen molar-refractivity contribution in [1.29, 1.82) is 5.26 Å². The van der Waals surface area contributed by atoms with E-state index in [2.05, 4.69) is 27.3 Å². The maximum absolute atomic E-state index is 12.2. The number of halogens is 1. The predicted octanol–water partition coefficient (Wildman–Crippen LogP) is 3.36. The molecule has 100 valence electrons. The molecule has 3 nitrogen and oxygen atoms in total. The Morgan fingerprint density at radius 1 is 1.37 bits per heavy atom. The molecule has 1 N–H and O–H groups in total. The first-order valence-electron chi connectivity index (χ1n) is 6.63. The normalized spacial score (nSPS) is 22.5. The number of nitrogens with one attached hydrogen (secondary N) is 1. The summed E-state index contributed by atoms with van der Waals surface area (Å²) >= 11 is 3.58. The lowest BCUT2D eigenvalue weighted by atomic mass is 9.75. The molecule has 0 aromatic heterocycles. The van der Waals surface area contributed by atoms with Crippen LogP contribution < -0.4 is 5.32 Å². The molecular formula is C15H17BrN2O. The van der Waals surface area contributed by atoms with Gasteiger partial charge in [0.15, 0.2) is 0 Å². The van der Waals surface area contributed by atoms with Crippen molar-refractivity contribution >= 4 is 21.8 Å². The average Bonchev–Trinajstić information content (AvgIpc) is 2.45. The van der Waals surface area contributed by atoms with Gasteiger partial charge in [0, 0.05) is 10.4 Å². The fraction of sp³-hybridized carbons (Fsp3) is 0.467. The number of benzene rings is 1. The molecule has 1 saturated carbocycles. The minimum absolute atomic E-state index is 0.0131. The highest BCUT2D eigenvalue weighted by molar-refractivity contribution is 9.10. The van der Waals surface area contributed by atoms with Crippen LogP contribution in [-0.4, -0.2) is 12.5 Å². The van der Waals surface area contributed by atoms with Gasteiger partial charge in [-0.05, 0) is 30.4 Å². The Morgan fingerprint density at radius 2 is 2.11 bits per heavy atom. The maximum atomic E-state index is 12.2. The molecule has 19 heavy (non-hydrogen) atoms. The SMILES string of the molecule is N#CCNC(=O)C1CCCCC1c1ccccc1Br. The molecule has 0 radical (unpaired) electrons. The molecule has 2 unspecified atom stereocenters. The fourth-order valence-corrected chi connectivity index (χ4v) is 3.43. The first-order chi connectivity index (χ1) is 9.24. The van der Waals surface area contributed by atoms with Crippen molar-refractivity contribution in [2.24, 2.45) is 5.92 Å². The summed E-state index contributed by atoms with van der Waals surface area (Å²) in [5, 5.41) is 11.3. The summed E-state index contributed by atoms with van der Waals surface area (Å²) in [5.41, 5.74) is 1.21. The summed E-state index contributed by atoms with van der Waals surface area (Å²) in [7, 11) is 0. The van der Waals surface area contributed by atoms with Crippen LogP contribution in [0.3, 0.4) is 0 Å². The van der Waals surface area contributed by atoms with E-state index in [1.807, 2.05) is 24.3 Å². The van der Waals surface area contributed by atoms with E-state index in [9.17, 15) is 4.79 Å². The van der Waals surface area contributed by atoms with E-state index < -0.39 is 0 Å². The highest BCUT2D eigenvalue weighted by Gasteiger charge is 2.32. The Bertz CT molecular complexity index is 495. The Morgan fingerprint density at radius 3 is 2.84 bits per heavy atom.